The summed E-state index contributed by atoms with van der Waals surface area (Å²) < 4.78 is 11.3. The molecule has 0 radical (unpaired) electrons. The van der Waals surface area contributed by atoms with Crippen molar-refractivity contribution in [2.45, 2.75) is 0 Å². The Morgan fingerprint density at radius 1 is 0.500 bits per heavy atom. The number of hydrogen-bond donors (Lipinski definition) is 0. The second-order valence-corrected chi connectivity index (χ2v) is 9.42. The first-order valence-corrected chi connectivity index (χ1v) is 13.0. The maximum absolute atomic E-state index is 5.69. The molecule has 3 aromatic rings. The SMILES string of the molecule is c1ccc(-c2c(N3CCOCC3)nc(N3CCOCC3)nc2N2CCN(c3ccccc3)CC2)cc1. The second-order valence-electron chi connectivity index (χ2n) is 9.42. The number of para-hydroxylation sites is 1. The van der Waals surface area contributed by atoms with E-state index in [2.05, 4.69) is 80.3 Å². The Balaban J connectivity index is 1.41. The summed E-state index contributed by atoms with van der Waals surface area (Å²) >= 11 is 0. The number of rotatable bonds is 5. The van der Waals surface area contributed by atoms with Gasteiger partial charge >= 0.3 is 0 Å². The second kappa shape index (κ2) is 10.7. The highest BCUT2D eigenvalue weighted by Gasteiger charge is 2.29. The van der Waals surface area contributed by atoms with Crippen LogP contribution in [0, 0.1) is 0 Å². The lowest BCUT2D eigenvalue weighted by Crippen LogP contribution is -2.47. The Labute approximate surface area is 213 Å². The first-order valence-electron chi connectivity index (χ1n) is 13.0. The first kappa shape index (κ1) is 23.1. The number of nitrogens with zero attached hydrogens (tertiary/aromatic N) is 6. The molecule has 3 fully saturated rings. The zero-order valence-electron chi connectivity index (χ0n) is 20.8. The molecule has 8 heteroatoms. The van der Waals surface area contributed by atoms with Crippen molar-refractivity contribution in [1.29, 1.82) is 0 Å². The molecule has 0 unspecified atom stereocenters. The number of piperazine rings is 1. The van der Waals surface area contributed by atoms with E-state index in [1.54, 1.807) is 0 Å². The summed E-state index contributed by atoms with van der Waals surface area (Å²) in [6, 6.07) is 21.3. The highest BCUT2D eigenvalue weighted by Crippen LogP contribution is 2.39. The Kier molecular flexibility index (Phi) is 6.87. The summed E-state index contributed by atoms with van der Waals surface area (Å²) in [5, 5.41) is 0. The molecule has 3 aliphatic heterocycles. The maximum atomic E-state index is 5.69. The van der Waals surface area contributed by atoms with Crippen molar-refractivity contribution in [1.82, 2.24) is 9.97 Å². The van der Waals surface area contributed by atoms with Gasteiger partial charge < -0.3 is 29.1 Å². The monoisotopic (exact) mass is 486 g/mol. The number of benzene rings is 2. The molecule has 0 bridgehead atoms. The standard InChI is InChI=1S/C28H34N6O2/c1-3-7-23(8-4-1)25-26(32-13-11-31(12-14-32)24-9-5-2-6-10-24)29-28(34-17-21-36-22-18-34)30-27(25)33-15-19-35-20-16-33/h1-10H,11-22H2. The molecule has 36 heavy (non-hydrogen) atoms. The van der Waals surface area contributed by atoms with Crippen molar-refractivity contribution < 1.29 is 9.47 Å². The van der Waals surface area contributed by atoms with Crippen LogP contribution in [0.2, 0.25) is 0 Å². The average molecular weight is 487 g/mol. The van der Waals surface area contributed by atoms with Crippen LogP contribution in [0.1, 0.15) is 0 Å². The van der Waals surface area contributed by atoms with Crippen LogP contribution in [0.4, 0.5) is 23.3 Å². The lowest BCUT2D eigenvalue weighted by Gasteiger charge is -2.39. The van der Waals surface area contributed by atoms with Crippen molar-refractivity contribution in [2.75, 3.05) is 98.4 Å². The van der Waals surface area contributed by atoms with Crippen LogP contribution in [0.3, 0.4) is 0 Å². The topological polar surface area (TPSA) is 57.2 Å². The van der Waals surface area contributed by atoms with E-state index in [9.17, 15) is 0 Å². The number of aromatic nitrogens is 2. The summed E-state index contributed by atoms with van der Waals surface area (Å²) in [7, 11) is 0. The summed E-state index contributed by atoms with van der Waals surface area (Å²) in [6.07, 6.45) is 0. The number of anilines is 4. The van der Waals surface area contributed by atoms with Crippen LogP contribution in [-0.2, 0) is 9.47 Å². The van der Waals surface area contributed by atoms with E-state index in [1.165, 1.54) is 5.69 Å². The average Bonchev–Trinajstić information content (AvgIpc) is 2.98. The van der Waals surface area contributed by atoms with Crippen LogP contribution in [0.25, 0.3) is 11.1 Å². The number of morpholine rings is 2. The summed E-state index contributed by atoms with van der Waals surface area (Å²) in [6.45, 7) is 9.90. The molecule has 0 atom stereocenters. The molecule has 188 valence electrons. The van der Waals surface area contributed by atoms with Crippen molar-refractivity contribution in [3.05, 3.63) is 60.7 Å². The van der Waals surface area contributed by atoms with Crippen LogP contribution in [0.5, 0.6) is 0 Å². The van der Waals surface area contributed by atoms with Gasteiger partial charge in [-0.25, -0.2) is 0 Å². The molecule has 3 aliphatic rings. The first-order chi connectivity index (χ1) is 17.9. The van der Waals surface area contributed by atoms with Gasteiger partial charge in [-0.1, -0.05) is 48.5 Å². The van der Waals surface area contributed by atoms with Gasteiger partial charge in [-0.15, -0.1) is 0 Å². The number of hydrogen-bond acceptors (Lipinski definition) is 8. The molecule has 0 amide bonds. The molecule has 2 aromatic carbocycles. The summed E-state index contributed by atoms with van der Waals surface area (Å²) in [5.74, 6) is 2.85. The zero-order valence-corrected chi connectivity index (χ0v) is 20.8. The van der Waals surface area contributed by atoms with Gasteiger partial charge in [-0.3, -0.25) is 0 Å². The third kappa shape index (κ3) is 4.83. The van der Waals surface area contributed by atoms with Crippen molar-refractivity contribution in [3.8, 4) is 11.1 Å². The van der Waals surface area contributed by atoms with Crippen LogP contribution in [-0.4, -0.2) is 88.8 Å². The van der Waals surface area contributed by atoms with Crippen LogP contribution in [0.15, 0.2) is 60.7 Å². The maximum Gasteiger partial charge on any atom is 0.229 e. The minimum absolute atomic E-state index is 0.710. The summed E-state index contributed by atoms with van der Waals surface area (Å²) in [5.41, 5.74) is 3.57. The molecule has 0 saturated carbocycles. The third-order valence-corrected chi connectivity index (χ3v) is 7.23. The molecule has 6 rings (SSSR count). The van der Waals surface area contributed by atoms with E-state index < -0.39 is 0 Å². The van der Waals surface area contributed by atoms with Gasteiger partial charge in [-0.2, -0.15) is 9.97 Å². The number of ether oxygens (including phenoxy) is 2. The molecule has 4 heterocycles. The Bertz CT molecular complexity index is 1130. The van der Waals surface area contributed by atoms with E-state index in [-0.39, 0.29) is 0 Å². The zero-order chi connectivity index (χ0) is 24.2. The quantitative estimate of drug-likeness (QED) is 0.545. The highest BCUT2D eigenvalue weighted by atomic mass is 16.5. The minimum atomic E-state index is 0.710. The predicted molar refractivity (Wildman–Crippen MR) is 144 cm³/mol. The van der Waals surface area contributed by atoms with Crippen molar-refractivity contribution in [2.24, 2.45) is 0 Å². The molecule has 0 N–H and O–H groups in total. The summed E-state index contributed by atoms with van der Waals surface area (Å²) in [4.78, 5) is 20.0. The normalized spacial score (nSPS) is 19.0. The fourth-order valence-corrected chi connectivity index (χ4v) is 5.24. The molecule has 0 aliphatic carbocycles. The van der Waals surface area contributed by atoms with Gasteiger partial charge in [0, 0.05) is 58.0 Å². The largest absolute Gasteiger partial charge is 0.378 e. The fourth-order valence-electron chi connectivity index (χ4n) is 5.24. The molecular weight excluding hydrogens is 452 g/mol. The molecule has 0 spiro atoms. The Morgan fingerprint density at radius 3 is 1.56 bits per heavy atom. The van der Waals surface area contributed by atoms with Gasteiger partial charge in [-0.05, 0) is 17.7 Å². The molecule has 1 aromatic heterocycles. The highest BCUT2D eigenvalue weighted by molar-refractivity contribution is 5.87. The van der Waals surface area contributed by atoms with Gasteiger partial charge in [0.2, 0.25) is 5.95 Å². The third-order valence-electron chi connectivity index (χ3n) is 7.23. The van der Waals surface area contributed by atoms with Gasteiger partial charge in [0.1, 0.15) is 11.6 Å². The van der Waals surface area contributed by atoms with E-state index in [0.717, 1.165) is 94.3 Å². The van der Waals surface area contributed by atoms with Crippen molar-refractivity contribution in [3.63, 3.8) is 0 Å². The molecule has 8 nitrogen and oxygen atoms in total. The van der Waals surface area contributed by atoms with E-state index in [4.69, 9.17) is 19.4 Å². The van der Waals surface area contributed by atoms with Gasteiger partial charge in [0.15, 0.2) is 0 Å². The van der Waals surface area contributed by atoms with Crippen LogP contribution >= 0.6 is 0 Å². The Hall–Kier alpha value is -3.36. The van der Waals surface area contributed by atoms with Gasteiger partial charge in [0.05, 0.1) is 32.0 Å². The Morgan fingerprint density at radius 2 is 0.972 bits per heavy atom. The molecular formula is C28H34N6O2. The van der Waals surface area contributed by atoms with E-state index in [0.29, 0.717) is 13.2 Å². The predicted octanol–water partition coefficient (Wildman–Crippen LogP) is 3.14. The fraction of sp³-hybridized carbons (Fsp3) is 0.429. The smallest absolute Gasteiger partial charge is 0.229 e. The lowest BCUT2D eigenvalue weighted by atomic mass is 10.0. The van der Waals surface area contributed by atoms with E-state index >= 15 is 0 Å². The minimum Gasteiger partial charge on any atom is -0.378 e. The lowest BCUT2D eigenvalue weighted by molar-refractivity contribution is 0.121. The molecule has 3 saturated heterocycles. The van der Waals surface area contributed by atoms with Gasteiger partial charge in [0.25, 0.3) is 0 Å². The van der Waals surface area contributed by atoms with E-state index in [1.807, 2.05) is 0 Å². The van der Waals surface area contributed by atoms with Crippen LogP contribution < -0.4 is 19.6 Å². The van der Waals surface area contributed by atoms with Crippen molar-refractivity contribution >= 4 is 23.3 Å².